The Kier molecular flexibility index (Phi) is 4.93. The minimum Gasteiger partial charge on any atom is -0.343 e. The molecule has 4 heteroatoms. The zero-order valence-electron chi connectivity index (χ0n) is 10.2. The maximum Gasteiger partial charge on any atom is 0.226 e. The van der Waals surface area contributed by atoms with Crippen LogP contribution in [0.4, 0.5) is 0 Å². The zero-order valence-corrected chi connectivity index (χ0v) is 11.0. The molecule has 0 aromatic rings. The van der Waals surface area contributed by atoms with Gasteiger partial charge in [0.15, 0.2) is 0 Å². The van der Waals surface area contributed by atoms with Crippen LogP contribution in [0.25, 0.3) is 0 Å². The molecule has 0 radical (unpaired) electrons. The van der Waals surface area contributed by atoms with Gasteiger partial charge in [-0.25, -0.2) is 0 Å². The second-order valence-corrected chi connectivity index (χ2v) is 5.33. The van der Waals surface area contributed by atoms with E-state index in [4.69, 9.17) is 0 Å². The molecular formula is C11H22N2OS. The van der Waals surface area contributed by atoms with Gasteiger partial charge >= 0.3 is 0 Å². The molecule has 1 unspecified atom stereocenters. The second-order valence-electron chi connectivity index (χ2n) is 4.45. The standard InChI is InChI=1S/C11H22N2OS/c1-9(2)12(3)11(14)10-6-5-7-13(8-10)15-4/h9-10H,5-8H2,1-4H3. The Morgan fingerprint density at radius 2 is 2.20 bits per heavy atom. The van der Waals surface area contributed by atoms with Crippen molar-refractivity contribution in [1.29, 1.82) is 0 Å². The van der Waals surface area contributed by atoms with E-state index in [1.54, 1.807) is 11.9 Å². The van der Waals surface area contributed by atoms with E-state index in [0.29, 0.717) is 11.9 Å². The highest BCUT2D eigenvalue weighted by Gasteiger charge is 2.28. The van der Waals surface area contributed by atoms with Crippen LogP contribution in [-0.4, -0.2) is 47.5 Å². The molecule has 3 nitrogen and oxygen atoms in total. The van der Waals surface area contributed by atoms with E-state index in [1.807, 2.05) is 11.9 Å². The van der Waals surface area contributed by atoms with Crippen molar-refractivity contribution in [1.82, 2.24) is 9.21 Å². The zero-order chi connectivity index (χ0) is 11.4. The summed E-state index contributed by atoms with van der Waals surface area (Å²) in [5.74, 6) is 0.516. The normalized spacial score (nSPS) is 23.1. The Hall–Kier alpha value is -0.220. The third-order valence-electron chi connectivity index (χ3n) is 3.11. The second kappa shape index (κ2) is 5.75. The fraction of sp³-hybridized carbons (Fsp3) is 0.909. The van der Waals surface area contributed by atoms with Crippen LogP contribution in [0, 0.1) is 5.92 Å². The lowest BCUT2D eigenvalue weighted by molar-refractivity contribution is -0.136. The van der Waals surface area contributed by atoms with Crippen molar-refractivity contribution in [2.24, 2.45) is 5.92 Å². The van der Waals surface area contributed by atoms with E-state index in [-0.39, 0.29) is 5.92 Å². The summed E-state index contributed by atoms with van der Waals surface area (Å²) in [6.45, 7) is 6.16. The summed E-state index contributed by atoms with van der Waals surface area (Å²) in [5, 5.41) is 0. The molecule has 0 spiro atoms. The fourth-order valence-electron chi connectivity index (χ4n) is 1.85. The number of hydrogen-bond donors (Lipinski definition) is 0. The summed E-state index contributed by atoms with van der Waals surface area (Å²) in [5.41, 5.74) is 0. The lowest BCUT2D eigenvalue weighted by Crippen LogP contribution is -2.43. The minimum absolute atomic E-state index is 0.207. The Labute approximate surface area is 97.3 Å². The third kappa shape index (κ3) is 3.38. The fourth-order valence-corrected chi connectivity index (χ4v) is 2.49. The number of amides is 1. The Bertz CT molecular complexity index is 221. The van der Waals surface area contributed by atoms with Gasteiger partial charge in [-0.1, -0.05) is 11.9 Å². The van der Waals surface area contributed by atoms with Gasteiger partial charge in [0.1, 0.15) is 0 Å². The van der Waals surface area contributed by atoms with Crippen LogP contribution in [0.15, 0.2) is 0 Å². The maximum absolute atomic E-state index is 12.1. The van der Waals surface area contributed by atoms with Crippen LogP contribution in [0.1, 0.15) is 26.7 Å². The van der Waals surface area contributed by atoms with E-state index < -0.39 is 0 Å². The number of hydrogen-bond acceptors (Lipinski definition) is 3. The lowest BCUT2D eigenvalue weighted by Gasteiger charge is -2.33. The molecule has 1 heterocycles. The van der Waals surface area contributed by atoms with E-state index in [9.17, 15) is 4.79 Å². The quantitative estimate of drug-likeness (QED) is 0.691. The van der Waals surface area contributed by atoms with Crippen molar-refractivity contribution in [3.05, 3.63) is 0 Å². The van der Waals surface area contributed by atoms with Gasteiger partial charge < -0.3 is 4.90 Å². The van der Waals surface area contributed by atoms with Gasteiger partial charge in [-0.2, -0.15) is 0 Å². The van der Waals surface area contributed by atoms with Crippen LogP contribution in [0.2, 0.25) is 0 Å². The first-order valence-corrected chi connectivity index (χ1v) is 6.80. The minimum atomic E-state index is 0.207. The summed E-state index contributed by atoms with van der Waals surface area (Å²) < 4.78 is 2.29. The molecule has 0 bridgehead atoms. The number of carbonyl (C=O) groups excluding carboxylic acids is 1. The highest BCUT2D eigenvalue weighted by Crippen LogP contribution is 2.22. The monoisotopic (exact) mass is 230 g/mol. The molecule has 0 aromatic heterocycles. The van der Waals surface area contributed by atoms with Crippen molar-refractivity contribution >= 4 is 17.9 Å². The molecule has 15 heavy (non-hydrogen) atoms. The van der Waals surface area contributed by atoms with Crippen LogP contribution in [-0.2, 0) is 4.79 Å². The lowest BCUT2D eigenvalue weighted by atomic mass is 9.98. The molecule has 1 fully saturated rings. The van der Waals surface area contributed by atoms with Gasteiger partial charge in [-0.05, 0) is 32.9 Å². The van der Waals surface area contributed by atoms with E-state index in [0.717, 1.165) is 25.9 Å². The van der Waals surface area contributed by atoms with Crippen molar-refractivity contribution in [3.8, 4) is 0 Å². The van der Waals surface area contributed by atoms with Crippen molar-refractivity contribution in [3.63, 3.8) is 0 Å². The van der Waals surface area contributed by atoms with Crippen molar-refractivity contribution < 1.29 is 4.79 Å². The van der Waals surface area contributed by atoms with Gasteiger partial charge in [-0.15, -0.1) is 0 Å². The Morgan fingerprint density at radius 3 is 2.73 bits per heavy atom. The van der Waals surface area contributed by atoms with Gasteiger partial charge in [0.05, 0.1) is 5.92 Å². The van der Waals surface area contributed by atoms with E-state index >= 15 is 0 Å². The number of carbonyl (C=O) groups is 1. The van der Waals surface area contributed by atoms with Crippen LogP contribution in [0.3, 0.4) is 0 Å². The van der Waals surface area contributed by atoms with Gasteiger partial charge in [-0.3, -0.25) is 9.10 Å². The van der Waals surface area contributed by atoms with Crippen LogP contribution < -0.4 is 0 Å². The van der Waals surface area contributed by atoms with Crippen molar-refractivity contribution in [2.75, 3.05) is 26.4 Å². The summed E-state index contributed by atoms with van der Waals surface area (Å²) in [7, 11) is 1.91. The molecular weight excluding hydrogens is 208 g/mol. The molecule has 1 aliphatic rings. The molecule has 0 aromatic carbocycles. The highest BCUT2D eigenvalue weighted by molar-refractivity contribution is 7.96. The molecule has 0 saturated carbocycles. The number of nitrogens with zero attached hydrogens (tertiary/aromatic N) is 2. The van der Waals surface area contributed by atoms with E-state index in [1.165, 1.54) is 0 Å². The number of piperidine rings is 1. The van der Waals surface area contributed by atoms with E-state index in [2.05, 4.69) is 24.4 Å². The summed E-state index contributed by atoms with van der Waals surface area (Å²) >= 11 is 1.75. The molecule has 1 aliphatic heterocycles. The molecule has 1 saturated heterocycles. The molecule has 0 N–H and O–H groups in total. The Morgan fingerprint density at radius 1 is 1.53 bits per heavy atom. The summed E-state index contributed by atoms with van der Waals surface area (Å²) in [4.78, 5) is 14.0. The Balaban J connectivity index is 2.52. The highest BCUT2D eigenvalue weighted by atomic mass is 32.2. The average molecular weight is 230 g/mol. The summed E-state index contributed by atoms with van der Waals surface area (Å²) in [6.07, 6.45) is 4.27. The number of rotatable bonds is 3. The van der Waals surface area contributed by atoms with Crippen LogP contribution >= 0.6 is 11.9 Å². The summed E-state index contributed by atoms with van der Waals surface area (Å²) in [6, 6.07) is 0.308. The first-order chi connectivity index (χ1) is 7.06. The third-order valence-corrected chi connectivity index (χ3v) is 3.96. The van der Waals surface area contributed by atoms with Crippen LogP contribution in [0.5, 0.6) is 0 Å². The van der Waals surface area contributed by atoms with Gasteiger partial charge in [0.2, 0.25) is 5.91 Å². The smallest absolute Gasteiger partial charge is 0.226 e. The topological polar surface area (TPSA) is 23.6 Å². The van der Waals surface area contributed by atoms with Crippen molar-refractivity contribution in [2.45, 2.75) is 32.7 Å². The first kappa shape index (κ1) is 12.8. The SMILES string of the molecule is CSN1CCCC(C(=O)N(C)C(C)C)C1. The van der Waals surface area contributed by atoms with Gasteiger partial charge in [0, 0.05) is 26.2 Å². The molecule has 1 atom stereocenters. The molecule has 0 aliphatic carbocycles. The predicted octanol–water partition coefficient (Wildman–Crippen LogP) is 1.84. The maximum atomic E-state index is 12.1. The van der Waals surface area contributed by atoms with Gasteiger partial charge in [0.25, 0.3) is 0 Å². The predicted molar refractivity (Wildman–Crippen MR) is 65.7 cm³/mol. The molecule has 1 rings (SSSR count). The molecule has 88 valence electrons. The molecule has 1 amide bonds. The largest absolute Gasteiger partial charge is 0.343 e. The average Bonchev–Trinajstić information content (AvgIpc) is 2.27. The first-order valence-electron chi connectivity index (χ1n) is 5.62.